The third kappa shape index (κ3) is 1.09. The van der Waals surface area contributed by atoms with E-state index in [1.807, 2.05) is 0 Å². The minimum atomic E-state index is -0.258. The van der Waals surface area contributed by atoms with E-state index < -0.39 is 0 Å². The Morgan fingerprint density at radius 3 is 1.91 bits per heavy atom. The van der Waals surface area contributed by atoms with Crippen molar-refractivity contribution in [2.24, 2.45) is 0 Å². The van der Waals surface area contributed by atoms with Crippen LogP contribution in [0.25, 0.3) is 0 Å². The van der Waals surface area contributed by atoms with Gasteiger partial charge in [-0.3, -0.25) is 9.59 Å². The van der Waals surface area contributed by atoms with Gasteiger partial charge in [0.15, 0.2) is 11.6 Å². The minimum Gasteiger partial charge on any atom is -0.359 e. The van der Waals surface area contributed by atoms with Gasteiger partial charge in [0, 0.05) is 12.8 Å². The average Bonchev–Trinajstić information content (AvgIpc) is 2.02. The Labute approximate surface area is 64.7 Å². The lowest BCUT2D eigenvalue weighted by molar-refractivity contribution is -0.159. The summed E-state index contributed by atoms with van der Waals surface area (Å²) in [4.78, 5) is 22.2. The second kappa shape index (κ2) is 2.41. The molecule has 0 radical (unpaired) electrons. The molecule has 60 valence electrons. The molecule has 2 aliphatic heterocycles. The third-order valence-electron chi connectivity index (χ3n) is 2.35. The first kappa shape index (κ1) is 6.98. The lowest BCUT2D eigenvalue weighted by Gasteiger charge is -2.32. The molecule has 2 bridgehead atoms. The van der Waals surface area contributed by atoms with Gasteiger partial charge in [-0.15, -0.1) is 0 Å². The quantitative estimate of drug-likeness (QED) is 0.509. The van der Waals surface area contributed by atoms with Gasteiger partial charge >= 0.3 is 0 Å². The summed E-state index contributed by atoms with van der Waals surface area (Å²) in [6.45, 7) is 0. The molecule has 0 aromatic carbocycles. The van der Waals surface area contributed by atoms with Crippen molar-refractivity contribution in [3.05, 3.63) is 0 Å². The summed E-state index contributed by atoms with van der Waals surface area (Å²) in [5.41, 5.74) is 0. The third-order valence-corrected chi connectivity index (χ3v) is 2.35. The van der Waals surface area contributed by atoms with Gasteiger partial charge in [0.25, 0.3) is 0 Å². The van der Waals surface area contributed by atoms with Crippen LogP contribution in [0.15, 0.2) is 0 Å². The highest BCUT2D eigenvalue weighted by molar-refractivity contribution is 5.91. The number of carbonyl (C=O) groups excluding carboxylic acids is 2. The minimum absolute atomic E-state index is 0.175. The molecule has 2 fully saturated rings. The molecule has 2 saturated heterocycles. The molecule has 2 heterocycles. The van der Waals surface area contributed by atoms with Crippen LogP contribution in [-0.2, 0) is 14.3 Å². The van der Waals surface area contributed by atoms with Gasteiger partial charge in [-0.25, -0.2) is 0 Å². The topological polar surface area (TPSA) is 43.4 Å². The SMILES string of the molecule is O=C1CCC2OC1CCC2=O. The van der Waals surface area contributed by atoms with Crippen LogP contribution in [0.2, 0.25) is 0 Å². The number of rotatable bonds is 0. The molecule has 0 spiro atoms. The molecule has 0 aliphatic carbocycles. The predicted octanol–water partition coefficient (Wildman–Crippen LogP) is 0.466. The summed E-state index contributed by atoms with van der Waals surface area (Å²) in [7, 11) is 0. The van der Waals surface area contributed by atoms with Crippen molar-refractivity contribution in [3.8, 4) is 0 Å². The molecule has 2 unspecified atom stereocenters. The Balaban J connectivity index is 2.14. The monoisotopic (exact) mass is 154 g/mol. The molecule has 2 rings (SSSR count). The molecule has 0 aromatic heterocycles. The highest BCUT2D eigenvalue weighted by Crippen LogP contribution is 2.26. The molecule has 0 saturated carbocycles. The zero-order chi connectivity index (χ0) is 7.84. The highest BCUT2D eigenvalue weighted by Gasteiger charge is 2.37. The molecule has 0 aromatic rings. The number of carbonyl (C=O) groups is 2. The Kier molecular flexibility index (Phi) is 1.53. The fraction of sp³-hybridized carbons (Fsp3) is 0.750. The van der Waals surface area contributed by atoms with E-state index in [9.17, 15) is 9.59 Å². The maximum atomic E-state index is 11.1. The van der Waals surface area contributed by atoms with Gasteiger partial charge in [-0.2, -0.15) is 0 Å². The van der Waals surface area contributed by atoms with Crippen LogP contribution in [0.4, 0.5) is 0 Å². The lowest BCUT2D eigenvalue weighted by Crippen LogP contribution is -2.44. The first-order valence-corrected chi connectivity index (χ1v) is 3.98. The highest BCUT2D eigenvalue weighted by atomic mass is 16.5. The normalized spacial score (nSPS) is 37.5. The smallest absolute Gasteiger partial charge is 0.161 e. The van der Waals surface area contributed by atoms with Crippen LogP contribution < -0.4 is 0 Å². The Morgan fingerprint density at radius 2 is 1.45 bits per heavy atom. The fourth-order valence-electron chi connectivity index (χ4n) is 1.68. The van der Waals surface area contributed by atoms with Crippen molar-refractivity contribution < 1.29 is 14.3 Å². The largest absolute Gasteiger partial charge is 0.359 e. The zero-order valence-electron chi connectivity index (χ0n) is 6.21. The Morgan fingerprint density at radius 1 is 1.00 bits per heavy atom. The average molecular weight is 154 g/mol. The molecule has 11 heavy (non-hydrogen) atoms. The predicted molar refractivity (Wildman–Crippen MR) is 37.1 cm³/mol. The van der Waals surface area contributed by atoms with E-state index in [0.29, 0.717) is 25.7 Å². The molecule has 3 nitrogen and oxygen atoms in total. The van der Waals surface area contributed by atoms with Crippen LogP contribution >= 0.6 is 0 Å². The lowest BCUT2D eigenvalue weighted by atomic mass is 9.90. The van der Waals surface area contributed by atoms with Crippen molar-refractivity contribution in [3.63, 3.8) is 0 Å². The van der Waals surface area contributed by atoms with Crippen molar-refractivity contribution in [1.82, 2.24) is 0 Å². The van der Waals surface area contributed by atoms with Gasteiger partial charge in [-0.05, 0) is 12.8 Å². The standard InChI is InChI=1S/C8H10O3/c9-5-1-3-7-6(10)2-4-8(5)11-7/h7-8H,1-4H2. The molecule has 3 heteroatoms. The summed E-state index contributed by atoms with van der Waals surface area (Å²) in [5, 5.41) is 0. The van der Waals surface area contributed by atoms with E-state index in [1.54, 1.807) is 0 Å². The van der Waals surface area contributed by atoms with E-state index in [1.165, 1.54) is 0 Å². The first-order chi connectivity index (χ1) is 5.27. The Bertz CT molecular complexity index is 187. The number of ketones is 2. The van der Waals surface area contributed by atoms with E-state index in [2.05, 4.69) is 0 Å². The summed E-state index contributed by atoms with van der Waals surface area (Å²) < 4.78 is 5.25. The van der Waals surface area contributed by atoms with Crippen molar-refractivity contribution in [2.45, 2.75) is 37.9 Å². The van der Waals surface area contributed by atoms with Crippen LogP contribution in [-0.4, -0.2) is 23.8 Å². The summed E-state index contributed by atoms with van der Waals surface area (Å²) >= 11 is 0. The number of fused-ring (bicyclic) bond motifs is 2. The summed E-state index contributed by atoms with van der Waals surface area (Å²) in [6.07, 6.45) is 1.75. The molecular formula is C8H10O3. The van der Waals surface area contributed by atoms with E-state index in [4.69, 9.17) is 4.74 Å². The van der Waals surface area contributed by atoms with Gasteiger partial charge in [0.05, 0.1) is 0 Å². The Hall–Kier alpha value is -0.700. The maximum Gasteiger partial charge on any atom is 0.161 e. The van der Waals surface area contributed by atoms with E-state index >= 15 is 0 Å². The van der Waals surface area contributed by atoms with Gasteiger partial charge in [-0.1, -0.05) is 0 Å². The summed E-state index contributed by atoms with van der Waals surface area (Å²) in [5.74, 6) is 0.350. The van der Waals surface area contributed by atoms with Crippen molar-refractivity contribution in [1.29, 1.82) is 0 Å². The van der Waals surface area contributed by atoms with Gasteiger partial charge in [0.2, 0.25) is 0 Å². The first-order valence-electron chi connectivity index (χ1n) is 3.98. The van der Waals surface area contributed by atoms with Gasteiger partial charge in [0.1, 0.15) is 12.2 Å². The van der Waals surface area contributed by atoms with Crippen LogP contribution in [0.3, 0.4) is 0 Å². The van der Waals surface area contributed by atoms with Gasteiger partial charge < -0.3 is 4.74 Å². The number of hydrogen-bond acceptors (Lipinski definition) is 3. The maximum absolute atomic E-state index is 11.1. The molecule has 2 atom stereocenters. The molecule has 0 amide bonds. The van der Waals surface area contributed by atoms with Crippen LogP contribution in [0, 0.1) is 0 Å². The van der Waals surface area contributed by atoms with Crippen LogP contribution in [0.5, 0.6) is 0 Å². The zero-order valence-corrected chi connectivity index (χ0v) is 6.21. The molecule has 2 aliphatic rings. The van der Waals surface area contributed by atoms with Crippen molar-refractivity contribution >= 4 is 11.6 Å². The van der Waals surface area contributed by atoms with E-state index in [0.717, 1.165) is 0 Å². The summed E-state index contributed by atoms with van der Waals surface area (Å²) in [6, 6.07) is 0. The number of ether oxygens (including phenoxy) is 1. The number of hydrogen-bond donors (Lipinski definition) is 0. The number of Topliss-reactive ketones (excluding diaryl/α,β-unsaturated/α-hetero) is 2. The molecule has 0 N–H and O–H groups in total. The van der Waals surface area contributed by atoms with Crippen LogP contribution in [0.1, 0.15) is 25.7 Å². The molecular weight excluding hydrogens is 144 g/mol. The fourth-order valence-corrected chi connectivity index (χ4v) is 1.68. The second-order valence-electron chi connectivity index (χ2n) is 3.12. The van der Waals surface area contributed by atoms with Crippen molar-refractivity contribution in [2.75, 3.05) is 0 Å². The van der Waals surface area contributed by atoms with E-state index in [-0.39, 0.29) is 23.8 Å². The second-order valence-corrected chi connectivity index (χ2v) is 3.12.